The fourth-order valence-corrected chi connectivity index (χ4v) is 5.12. The lowest BCUT2D eigenvalue weighted by molar-refractivity contribution is -0.140. The lowest BCUT2D eigenvalue weighted by atomic mass is 10.0. The lowest BCUT2D eigenvalue weighted by Crippen LogP contribution is -2.53. The van der Waals surface area contributed by atoms with Crippen LogP contribution in [-0.2, 0) is 39.0 Å². The zero-order chi connectivity index (χ0) is 29.3. The van der Waals surface area contributed by atoms with Gasteiger partial charge >= 0.3 is 0 Å². The Morgan fingerprint density at radius 1 is 0.875 bits per heavy atom. The quantitative estimate of drug-likeness (QED) is 0.328. The molecule has 214 valence electrons. The van der Waals surface area contributed by atoms with Gasteiger partial charge in [0.2, 0.25) is 21.8 Å². The van der Waals surface area contributed by atoms with Crippen LogP contribution >= 0.6 is 0 Å². The van der Waals surface area contributed by atoms with Crippen molar-refractivity contribution in [2.75, 3.05) is 23.7 Å². The zero-order valence-corrected chi connectivity index (χ0v) is 24.3. The van der Waals surface area contributed by atoms with Crippen LogP contribution in [0.4, 0.5) is 10.1 Å². The van der Waals surface area contributed by atoms with Crippen LogP contribution in [0.5, 0.6) is 0 Å². The molecule has 0 bridgehead atoms. The van der Waals surface area contributed by atoms with E-state index in [1.54, 1.807) is 24.3 Å². The fourth-order valence-electron chi connectivity index (χ4n) is 4.27. The highest BCUT2D eigenvalue weighted by atomic mass is 32.2. The highest BCUT2D eigenvalue weighted by Crippen LogP contribution is 2.21. The second-order valence-electron chi connectivity index (χ2n) is 10.3. The molecular formula is C31H38FN3O4S. The first-order valence-corrected chi connectivity index (χ1v) is 15.2. The molecular weight excluding hydrogens is 529 g/mol. The topological polar surface area (TPSA) is 86.8 Å². The molecule has 0 saturated heterocycles. The van der Waals surface area contributed by atoms with E-state index >= 15 is 0 Å². The lowest BCUT2D eigenvalue weighted by Gasteiger charge is -2.33. The Hall–Kier alpha value is -3.72. The third-order valence-corrected chi connectivity index (χ3v) is 7.67. The molecule has 1 atom stereocenters. The van der Waals surface area contributed by atoms with Crippen LogP contribution in [0.2, 0.25) is 0 Å². The van der Waals surface area contributed by atoms with Crippen molar-refractivity contribution in [2.24, 2.45) is 5.92 Å². The van der Waals surface area contributed by atoms with Crippen LogP contribution in [0, 0.1) is 11.7 Å². The van der Waals surface area contributed by atoms with E-state index in [9.17, 15) is 22.4 Å². The molecule has 0 aliphatic carbocycles. The summed E-state index contributed by atoms with van der Waals surface area (Å²) in [7, 11) is -3.84. The number of amides is 2. The summed E-state index contributed by atoms with van der Waals surface area (Å²) in [4.78, 5) is 29.0. The summed E-state index contributed by atoms with van der Waals surface area (Å²) in [5.74, 6) is -1.12. The summed E-state index contributed by atoms with van der Waals surface area (Å²) in [5.41, 5.74) is 2.85. The van der Waals surface area contributed by atoms with Crippen molar-refractivity contribution in [3.05, 3.63) is 101 Å². The summed E-state index contributed by atoms with van der Waals surface area (Å²) in [6, 6.07) is 21.1. The van der Waals surface area contributed by atoms with Crippen LogP contribution in [0.3, 0.4) is 0 Å². The normalized spacial score (nSPS) is 12.2. The Kier molecular flexibility index (Phi) is 10.8. The molecule has 9 heteroatoms. The summed E-state index contributed by atoms with van der Waals surface area (Å²) in [6.45, 7) is 5.87. The second-order valence-corrected chi connectivity index (χ2v) is 12.2. The number of halogens is 1. The average molecular weight is 568 g/mol. The maximum Gasteiger partial charge on any atom is 0.244 e. The van der Waals surface area contributed by atoms with Crippen LogP contribution in [0.15, 0.2) is 78.9 Å². The number of hydrogen-bond acceptors (Lipinski definition) is 4. The van der Waals surface area contributed by atoms with Crippen molar-refractivity contribution >= 4 is 27.5 Å². The number of rotatable bonds is 13. The summed E-state index contributed by atoms with van der Waals surface area (Å²) in [6.07, 6.45) is 2.06. The molecule has 0 fully saturated rings. The maximum atomic E-state index is 14.0. The van der Waals surface area contributed by atoms with Gasteiger partial charge in [0.1, 0.15) is 18.4 Å². The Morgan fingerprint density at radius 3 is 2.02 bits per heavy atom. The summed E-state index contributed by atoms with van der Waals surface area (Å²) < 4.78 is 40.4. The number of carbonyl (C=O) groups is 2. The smallest absolute Gasteiger partial charge is 0.244 e. The van der Waals surface area contributed by atoms with Gasteiger partial charge in [-0.05, 0) is 53.3 Å². The molecule has 2 amide bonds. The van der Waals surface area contributed by atoms with Gasteiger partial charge in [-0.25, -0.2) is 12.8 Å². The first-order chi connectivity index (χ1) is 19.0. The van der Waals surface area contributed by atoms with Crippen molar-refractivity contribution in [3.63, 3.8) is 0 Å². The Morgan fingerprint density at radius 2 is 1.48 bits per heavy atom. The molecule has 0 aromatic heterocycles. The predicted octanol–water partition coefficient (Wildman–Crippen LogP) is 4.57. The number of benzene rings is 3. The van der Waals surface area contributed by atoms with Crippen molar-refractivity contribution in [2.45, 2.75) is 46.2 Å². The van der Waals surface area contributed by atoms with Gasteiger partial charge in [-0.3, -0.25) is 13.9 Å². The first kappa shape index (κ1) is 30.8. The minimum absolute atomic E-state index is 0.00190. The number of carbonyl (C=O) groups excluding carboxylic acids is 2. The van der Waals surface area contributed by atoms with E-state index in [1.165, 1.54) is 17.0 Å². The van der Waals surface area contributed by atoms with E-state index in [2.05, 4.69) is 5.32 Å². The van der Waals surface area contributed by atoms with E-state index in [1.807, 2.05) is 63.2 Å². The van der Waals surface area contributed by atoms with Gasteiger partial charge < -0.3 is 10.2 Å². The van der Waals surface area contributed by atoms with Crippen LogP contribution in [-0.4, -0.2) is 50.5 Å². The molecule has 0 spiro atoms. The van der Waals surface area contributed by atoms with Gasteiger partial charge in [0.05, 0.1) is 11.9 Å². The Labute approximate surface area is 237 Å². The molecule has 0 radical (unpaired) electrons. The van der Waals surface area contributed by atoms with Crippen LogP contribution in [0.1, 0.15) is 37.5 Å². The highest BCUT2D eigenvalue weighted by Gasteiger charge is 2.33. The molecule has 3 aromatic rings. The number of aryl methyl sites for hydroxylation is 1. The van der Waals surface area contributed by atoms with E-state index in [-0.39, 0.29) is 24.8 Å². The first-order valence-electron chi connectivity index (χ1n) is 13.4. The minimum Gasteiger partial charge on any atom is -0.354 e. The van der Waals surface area contributed by atoms with Gasteiger partial charge in [-0.1, -0.05) is 75.4 Å². The van der Waals surface area contributed by atoms with Gasteiger partial charge in [0.15, 0.2) is 0 Å². The average Bonchev–Trinajstić information content (AvgIpc) is 2.93. The number of anilines is 1. The highest BCUT2D eigenvalue weighted by molar-refractivity contribution is 7.92. The molecule has 0 aliphatic rings. The van der Waals surface area contributed by atoms with Gasteiger partial charge in [-0.2, -0.15) is 0 Å². The summed E-state index contributed by atoms with van der Waals surface area (Å²) in [5, 5.41) is 2.94. The third kappa shape index (κ3) is 8.91. The van der Waals surface area contributed by atoms with E-state index < -0.39 is 34.3 Å². The Bertz CT molecular complexity index is 1360. The van der Waals surface area contributed by atoms with E-state index in [4.69, 9.17) is 0 Å². The number of sulfonamides is 1. The van der Waals surface area contributed by atoms with Crippen molar-refractivity contribution < 1.29 is 22.4 Å². The Balaban J connectivity index is 2.03. The molecule has 0 heterocycles. The standard InChI is InChI=1S/C31H38FN3O4S/c1-5-24-13-17-28(18-14-24)35(40(4,38)39)22-30(36)34(21-26-11-15-27(32)16-12-26)29(31(37)33-20-23(2)3)19-25-9-7-6-8-10-25/h6-18,23,29H,5,19-22H2,1-4H3,(H,33,37)/t29-/m0/s1. The van der Waals surface area contributed by atoms with E-state index in [0.29, 0.717) is 17.8 Å². The molecule has 0 saturated carbocycles. The molecule has 3 rings (SSSR count). The number of nitrogens with zero attached hydrogens (tertiary/aromatic N) is 2. The van der Waals surface area contributed by atoms with Crippen LogP contribution in [0.25, 0.3) is 0 Å². The van der Waals surface area contributed by atoms with Crippen molar-refractivity contribution in [1.29, 1.82) is 0 Å². The zero-order valence-electron chi connectivity index (χ0n) is 23.5. The van der Waals surface area contributed by atoms with Crippen molar-refractivity contribution in [1.82, 2.24) is 10.2 Å². The molecule has 3 aromatic carbocycles. The predicted molar refractivity (Wildman–Crippen MR) is 157 cm³/mol. The maximum absolute atomic E-state index is 14.0. The minimum atomic E-state index is -3.84. The van der Waals surface area contributed by atoms with Gasteiger partial charge in [0.25, 0.3) is 0 Å². The fraction of sp³-hybridized carbons (Fsp3) is 0.355. The monoisotopic (exact) mass is 567 g/mol. The molecule has 0 aliphatic heterocycles. The molecule has 1 N–H and O–H groups in total. The van der Waals surface area contributed by atoms with E-state index in [0.717, 1.165) is 28.1 Å². The van der Waals surface area contributed by atoms with Gasteiger partial charge in [0, 0.05) is 19.5 Å². The number of hydrogen-bond donors (Lipinski definition) is 1. The third-order valence-electron chi connectivity index (χ3n) is 6.53. The van der Waals surface area contributed by atoms with Crippen molar-refractivity contribution in [3.8, 4) is 0 Å². The SMILES string of the molecule is CCc1ccc(N(CC(=O)N(Cc2ccc(F)cc2)[C@@H](Cc2ccccc2)C(=O)NCC(C)C)S(C)(=O)=O)cc1. The van der Waals surface area contributed by atoms with Crippen LogP contribution < -0.4 is 9.62 Å². The molecule has 0 unspecified atom stereocenters. The summed E-state index contributed by atoms with van der Waals surface area (Å²) >= 11 is 0. The number of nitrogens with one attached hydrogen (secondary N) is 1. The molecule has 7 nitrogen and oxygen atoms in total. The second kappa shape index (κ2) is 14.1. The molecule has 40 heavy (non-hydrogen) atoms. The van der Waals surface area contributed by atoms with Gasteiger partial charge in [-0.15, -0.1) is 0 Å². The largest absolute Gasteiger partial charge is 0.354 e.